The van der Waals surface area contributed by atoms with E-state index in [-0.39, 0.29) is 12.4 Å². The van der Waals surface area contributed by atoms with Crippen molar-refractivity contribution < 1.29 is 17.9 Å². The van der Waals surface area contributed by atoms with E-state index in [2.05, 4.69) is 27.3 Å². The summed E-state index contributed by atoms with van der Waals surface area (Å²) in [5, 5.41) is 0. The number of methoxy groups -OCH3 is 1. The number of hydrogen-bond acceptors (Lipinski definition) is 4. The Morgan fingerprint density at radius 3 is 2.32 bits per heavy atom. The minimum Gasteiger partial charge on any atom is -0.497 e. The topological polar surface area (TPSA) is 64.6 Å². The van der Waals surface area contributed by atoms with E-state index in [1.165, 1.54) is 0 Å². The van der Waals surface area contributed by atoms with Crippen molar-refractivity contribution >= 4 is 38.3 Å². The first kappa shape index (κ1) is 16.9. The molecule has 2 rings (SSSR count). The predicted octanol–water partition coefficient (Wildman–Crippen LogP) is 3.12. The Kier molecular flexibility index (Phi) is 5.90. The second kappa shape index (κ2) is 7.68. The van der Waals surface area contributed by atoms with Gasteiger partial charge in [0.1, 0.15) is 23.9 Å². The summed E-state index contributed by atoms with van der Waals surface area (Å²) in [5.74, 6) is 1.20. The van der Waals surface area contributed by atoms with Crippen LogP contribution in [0.25, 0.3) is 0 Å². The van der Waals surface area contributed by atoms with Gasteiger partial charge in [0.15, 0.2) is 0 Å². The SMILES string of the molecule is COc1ccc(OCCS(=O)(=O)Nc2ccccc2I)cc1. The van der Waals surface area contributed by atoms with Crippen LogP contribution in [-0.2, 0) is 10.0 Å². The predicted molar refractivity (Wildman–Crippen MR) is 95.1 cm³/mol. The molecule has 0 unspecified atom stereocenters. The van der Waals surface area contributed by atoms with Crippen LogP contribution >= 0.6 is 22.6 Å². The van der Waals surface area contributed by atoms with Gasteiger partial charge >= 0.3 is 0 Å². The van der Waals surface area contributed by atoms with Gasteiger partial charge in [-0.05, 0) is 59.0 Å². The van der Waals surface area contributed by atoms with E-state index >= 15 is 0 Å². The van der Waals surface area contributed by atoms with Crippen LogP contribution in [0, 0.1) is 3.57 Å². The van der Waals surface area contributed by atoms with Crippen molar-refractivity contribution in [2.75, 3.05) is 24.2 Å². The molecule has 0 heterocycles. The first-order chi connectivity index (χ1) is 10.5. The van der Waals surface area contributed by atoms with Crippen LogP contribution in [0.4, 0.5) is 5.69 Å². The summed E-state index contributed by atoms with van der Waals surface area (Å²) < 4.78 is 37.9. The summed E-state index contributed by atoms with van der Waals surface area (Å²) in [6.45, 7) is 0.0745. The molecule has 0 saturated carbocycles. The smallest absolute Gasteiger partial charge is 0.236 e. The molecule has 118 valence electrons. The fraction of sp³-hybridized carbons (Fsp3) is 0.200. The van der Waals surface area contributed by atoms with E-state index in [4.69, 9.17) is 9.47 Å². The van der Waals surface area contributed by atoms with E-state index in [0.29, 0.717) is 11.4 Å². The molecule has 0 bridgehead atoms. The molecule has 7 heteroatoms. The third-order valence-corrected chi connectivity index (χ3v) is 5.00. The Balaban J connectivity index is 1.88. The molecule has 2 aromatic rings. The van der Waals surface area contributed by atoms with Gasteiger partial charge in [0.05, 0.1) is 12.8 Å². The molecule has 0 aromatic heterocycles. The third kappa shape index (κ3) is 5.06. The van der Waals surface area contributed by atoms with Gasteiger partial charge in [-0.3, -0.25) is 4.72 Å². The van der Waals surface area contributed by atoms with Crippen molar-refractivity contribution in [3.05, 3.63) is 52.1 Å². The standard InChI is InChI=1S/C15H16INO4S/c1-20-12-6-8-13(9-7-12)21-10-11-22(18,19)17-15-5-3-2-4-14(15)16/h2-9,17H,10-11H2,1H3. The second-order valence-corrected chi connectivity index (χ2v) is 7.43. The fourth-order valence-corrected chi connectivity index (χ4v) is 3.33. The lowest BCUT2D eigenvalue weighted by Gasteiger charge is -2.10. The van der Waals surface area contributed by atoms with Crippen molar-refractivity contribution in [1.29, 1.82) is 0 Å². The highest BCUT2D eigenvalue weighted by molar-refractivity contribution is 14.1. The summed E-state index contributed by atoms with van der Waals surface area (Å²) in [5.41, 5.74) is 0.576. The molecule has 0 spiro atoms. The minimum absolute atomic E-state index is 0.0745. The Morgan fingerprint density at radius 2 is 1.68 bits per heavy atom. The van der Waals surface area contributed by atoms with Gasteiger partial charge in [-0.15, -0.1) is 0 Å². The Morgan fingerprint density at radius 1 is 1.05 bits per heavy atom. The number of hydrogen-bond donors (Lipinski definition) is 1. The highest BCUT2D eigenvalue weighted by Crippen LogP contribution is 2.19. The van der Waals surface area contributed by atoms with Gasteiger partial charge in [0, 0.05) is 3.57 Å². The number of rotatable bonds is 7. The van der Waals surface area contributed by atoms with E-state index in [1.807, 2.05) is 12.1 Å². The van der Waals surface area contributed by atoms with E-state index in [1.54, 1.807) is 43.5 Å². The minimum atomic E-state index is -3.44. The van der Waals surface area contributed by atoms with Crippen LogP contribution in [-0.4, -0.2) is 27.9 Å². The van der Waals surface area contributed by atoms with Crippen molar-refractivity contribution in [2.24, 2.45) is 0 Å². The Labute approximate surface area is 143 Å². The van der Waals surface area contributed by atoms with Crippen LogP contribution in [0.15, 0.2) is 48.5 Å². The van der Waals surface area contributed by atoms with Crippen LogP contribution in [0.3, 0.4) is 0 Å². The lowest BCUT2D eigenvalue weighted by Crippen LogP contribution is -2.21. The maximum absolute atomic E-state index is 12.0. The van der Waals surface area contributed by atoms with E-state index < -0.39 is 10.0 Å². The van der Waals surface area contributed by atoms with Crippen molar-refractivity contribution in [2.45, 2.75) is 0 Å². The lowest BCUT2D eigenvalue weighted by molar-refractivity contribution is 0.340. The van der Waals surface area contributed by atoms with Crippen molar-refractivity contribution in [1.82, 2.24) is 0 Å². The zero-order valence-electron chi connectivity index (χ0n) is 12.0. The number of ether oxygens (including phenoxy) is 2. The fourth-order valence-electron chi connectivity index (χ4n) is 1.70. The first-order valence-corrected chi connectivity index (χ1v) is 9.25. The molecule has 0 saturated heterocycles. The summed E-state index contributed by atoms with van der Waals surface area (Å²) >= 11 is 2.08. The highest BCUT2D eigenvalue weighted by atomic mass is 127. The molecule has 1 N–H and O–H groups in total. The normalized spacial score (nSPS) is 11.0. The van der Waals surface area contributed by atoms with Crippen LogP contribution in [0.5, 0.6) is 11.5 Å². The molecule has 0 aliphatic carbocycles. The van der Waals surface area contributed by atoms with E-state index in [0.717, 1.165) is 9.32 Å². The Hall–Kier alpha value is -1.48. The van der Waals surface area contributed by atoms with Crippen molar-refractivity contribution in [3.8, 4) is 11.5 Å². The van der Waals surface area contributed by atoms with Crippen molar-refractivity contribution in [3.63, 3.8) is 0 Å². The van der Waals surface area contributed by atoms with Gasteiger partial charge in [-0.1, -0.05) is 12.1 Å². The van der Waals surface area contributed by atoms with Gasteiger partial charge in [-0.2, -0.15) is 0 Å². The van der Waals surface area contributed by atoms with Gasteiger partial charge in [0.25, 0.3) is 0 Å². The zero-order valence-corrected chi connectivity index (χ0v) is 14.9. The maximum atomic E-state index is 12.0. The first-order valence-electron chi connectivity index (χ1n) is 6.52. The molecule has 0 radical (unpaired) electrons. The molecular weight excluding hydrogens is 417 g/mol. The summed E-state index contributed by atoms with van der Waals surface area (Å²) in [4.78, 5) is 0. The molecule has 0 aliphatic rings. The number of benzene rings is 2. The van der Waals surface area contributed by atoms with Crippen LogP contribution < -0.4 is 14.2 Å². The van der Waals surface area contributed by atoms with Gasteiger partial charge < -0.3 is 9.47 Å². The number of nitrogens with one attached hydrogen (secondary N) is 1. The number of sulfonamides is 1. The molecule has 0 amide bonds. The van der Waals surface area contributed by atoms with Crippen LogP contribution in [0.2, 0.25) is 0 Å². The molecule has 2 aromatic carbocycles. The lowest BCUT2D eigenvalue weighted by atomic mass is 10.3. The van der Waals surface area contributed by atoms with Crippen LogP contribution in [0.1, 0.15) is 0 Å². The zero-order chi connectivity index (χ0) is 16.0. The monoisotopic (exact) mass is 433 g/mol. The number of anilines is 1. The quantitative estimate of drug-likeness (QED) is 0.682. The summed E-state index contributed by atoms with van der Waals surface area (Å²) in [6, 6.07) is 14.2. The molecule has 5 nitrogen and oxygen atoms in total. The summed E-state index contributed by atoms with van der Waals surface area (Å²) in [7, 11) is -1.86. The number of halogens is 1. The largest absolute Gasteiger partial charge is 0.497 e. The molecule has 0 fully saturated rings. The molecular formula is C15H16INO4S. The third-order valence-electron chi connectivity index (χ3n) is 2.82. The molecule has 0 aliphatic heterocycles. The van der Waals surface area contributed by atoms with E-state index in [9.17, 15) is 8.42 Å². The Bertz CT molecular complexity index is 717. The number of para-hydroxylation sites is 1. The average Bonchev–Trinajstić information content (AvgIpc) is 2.50. The maximum Gasteiger partial charge on any atom is 0.236 e. The van der Waals surface area contributed by atoms with Gasteiger partial charge in [-0.25, -0.2) is 8.42 Å². The second-order valence-electron chi connectivity index (χ2n) is 4.42. The molecule has 0 atom stereocenters. The average molecular weight is 433 g/mol. The molecule has 22 heavy (non-hydrogen) atoms. The van der Waals surface area contributed by atoms with Gasteiger partial charge in [0.2, 0.25) is 10.0 Å². The highest BCUT2D eigenvalue weighted by Gasteiger charge is 2.12. The summed E-state index contributed by atoms with van der Waals surface area (Å²) in [6.07, 6.45) is 0.